The van der Waals surface area contributed by atoms with Crippen molar-refractivity contribution in [1.82, 2.24) is 9.97 Å². The zero-order valence-electron chi connectivity index (χ0n) is 9.09. The minimum Gasteiger partial charge on any atom is -0.357 e. The van der Waals surface area contributed by atoms with Crippen LogP contribution in [0.1, 0.15) is 6.42 Å². The van der Waals surface area contributed by atoms with Crippen LogP contribution in [0.5, 0.6) is 0 Å². The number of benzene rings is 1. The van der Waals surface area contributed by atoms with Crippen molar-refractivity contribution in [2.45, 2.75) is 6.42 Å². The summed E-state index contributed by atoms with van der Waals surface area (Å²) in [5.41, 5.74) is 1.77. The topological polar surface area (TPSA) is 52.8 Å². The minimum absolute atomic E-state index is 0.491. The van der Waals surface area contributed by atoms with Gasteiger partial charge in [-0.25, -0.2) is 4.98 Å². The lowest BCUT2D eigenvalue weighted by Crippen LogP contribution is -2.19. The molecule has 0 aliphatic rings. The molecule has 0 aliphatic heterocycles. The van der Waals surface area contributed by atoms with Gasteiger partial charge in [-0.2, -0.15) is 5.26 Å². The van der Waals surface area contributed by atoms with Gasteiger partial charge in [0.05, 0.1) is 29.7 Å². The van der Waals surface area contributed by atoms with E-state index in [1.165, 1.54) is 0 Å². The molecule has 1 aromatic carbocycles. The van der Waals surface area contributed by atoms with Gasteiger partial charge in [0.1, 0.15) is 5.82 Å². The minimum atomic E-state index is 0.491. The molecule has 0 N–H and O–H groups in total. The van der Waals surface area contributed by atoms with Crippen LogP contribution in [0.3, 0.4) is 0 Å². The van der Waals surface area contributed by atoms with Gasteiger partial charge in [0.2, 0.25) is 0 Å². The van der Waals surface area contributed by atoms with E-state index >= 15 is 0 Å². The van der Waals surface area contributed by atoms with Crippen LogP contribution in [0.4, 0.5) is 5.82 Å². The summed E-state index contributed by atoms with van der Waals surface area (Å²) in [6.07, 6.45) is 2.23. The fourth-order valence-corrected chi connectivity index (χ4v) is 1.46. The summed E-state index contributed by atoms with van der Waals surface area (Å²) in [6, 6.07) is 9.86. The fraction of sp³-hybridized carbons (Fsp3) is 0.250. The first kappa shape index (κ1) is 10.4. The molecule has 0 radical (unpaired) electrons. The third-order valence-electron chi connectivity index (χ3n) is 2.39. The highest BCUT2D eigenvalue weighted by Gasteiger charge is 2.03. The summed E-state index contributed by atoms with van der Waals surface area (Å²) in [7, 11) is 1.91. The maximum atomic E-state index is 8.52. The number of rotatable bonds is 3. The SMILES string of the molecule is CN(CCC#N)c1cnc2ccccc2n1. The van der Waals surface area contributed by atoms with E-state index in [0.717, 1.165) is 16.9 Å². The van der Waals surface area contributed by atoms with Crippen molar-refractivity contribution in [3.8, 4) is 6.07 Å². The van der Waals surface area contributed by atoms with Gasteiger partial charge in [0.15, 0.2) is 0 Å². The Hall–Kier alpha value is -2.15. The van der Waals surface area contributed by atoms with Crippen molar-refractivity contribution < 1.29 is 0 Å². The average molecular weight is 212 g/mol. The summed E-state index contributed by atoms with van der Waals surface area (Å²) in [5, 5.41) is 8.52. The van der Waals surface area contributed by atoms with Crippen molar-refractivity contribution in [2.75, 3.05) is 18.5 Å². The first-order valence-corrected chi connectivity index (χ1v) is 5.11. The molecule has 4 heteroatoms. The lowest BCUT2D eigenvalue weighted by molar-refractivity contribution is 0.884. The Bertz CT molecular complexity index is 530. The van der Waals surface area contributed by atoms with E-state index in [1.54, 1.807) is 6.20 Å². The number of fused-ring (bicyclic) bond motifs is 1. The summed E-state index contributed by atoms with van der Waals surface area (Å²) in [6.45, 7) is 0.670. The average Bonchev–Trinajstić information content (AvgIpc) is 2.35. The molecule has 0 aliphatic carbocycles. The molecular weight excluding hydrogens is 200 g/mol. The van der Waals surface area contributed by atoms with Crippen molar-refractivity contribution in [1.29, 1.82) is 5.26 Å². The quantitative estimate of drug-likeness (QED) is 0.780. The molecule has 0 bridgehead atoms. The second-order valence-corrected chi connectivity index (χ2v) is 3.55. The van der Waals surface area contributed by atoms with Gasteiger partial charge >= 0.3 is 0 Å². The molecule has 1 aromatic heterocycles. The van der Waals surface area contributed by atoms with Gasteiger partial charge in [-0.1, -0.05) is 12.1 Å². The van der Waals surface area contributed by atoms with Gasteiger partial charge in [-0.3, -0.25) is 4.98 Å². The molecule has 2 aromatic rings. The number of hydrogen-bond donors (Lipinski definition) is 0. The second kappa shape index (κ2) is 4.58. The van der Waals surface area contributed by atoms with Crippen LogP contribution in [0.2, 0.25) is 0 Å². The molecule has 80 valence electrons. The number of para-hydroxylation sites is 2. The van der Waals surface area contributed by atoms with Crippen LogP contribution in [-0.2, 0) is 0 Å². The van der Waals surface area contributed by atoms with Crippen LogP contribution in [0, 0.1) is 11.3 Å². The van der Waals surface area contributed by atoms with Crippen LogP contribution in [-0.4, -0.2) is 23.6 Å². The Labute approximate surface area is 94.2 Å². The highest BCUT2D eigenvalue weighted by Crippen LogP contribution is 2.13. The van der Waals surface area contributed by atoms with E-state index in [-0.39, 0.29) is 0 Å². The van der Waals surface area contributed by atoms with E-state index < -0.39 is 0 Å². The van der Waals surface area contributed by atoms with E-state index in [2.05, 4.69) is 16.0 Å². The van der Waals surface area contributed by atoms with E-state index in [4.69, 9.17) is 5.26 Å². The Balaban J connectivity index is 2.29. The van der Waals surface area contributed by atoms with Crippen LogP contribution < -0.4 is 4.90 Å². The van der Waals surface area contributed by atoms with E-state index in [9.17, 15) is 0 Å². The number of nitrogens with zero attached hydrogens (tertiary/aromatic N) is 4. The predicted molar refractivity (Wildman–Crippen MR) is 63.0 cm³/mol. The molecule has 1 heterocycles. The van der Waals surface area contributed by atoms with Crippen molar-refractivity contribution in [3.63, 3.8) is 0 Å². The number of anilines is 1. The van der Waals surface area contributed by atoms with Crippen LogP contribution in [0.25, 0.3) is 11.0 Å². The molecule has 0 unspecified atom stereocenters. The zero-order valence-corrected chi connectivity index (χ0v) is 9.09. The summed E-state index contributed by atoms with van der Waals surface area (Å²) >= 11 is 0. The van der Waals surface area contributed by atoms with Gasteiger partial charge in [0, 0.05) is 13.6 Å². The Kier molecular flexibility index (Phi) is 2.97. The highest BCUT2D eigenvalue weighted by atomic mass is 15.2. The molecule has 0 amide bonds. The molecule has 16 heavy (non-hydrogen) atoms. The van der Waals surface area contributed by atoms with Gasteiger partial charge in [-0.05, 0) is 12.1 Å². The lowest BCUT2D eigenvalue weighted by Gasteiger charge is -2.15. The predicted octanol–water partition coefficient (Wildman–Crippen LogP) is 1.98. The molecule has 0 fully saturated rings. The number of nitriles is 1. The first-order chi connectivity index (χ1) is 7.81. The summed E-state index contributed by atoms with van der Waals surface area (Å²) in [5.74, 6) is 0.800. The Morgan fingerprint density at radius 1 is 1.31 bits per heavy atom. The third-order valence-corrected chi connectivity index (χ3v) is 2.39. The largest absolute Gasteiger partial charge is 0.357 e. The molecule has 4 nitrogen and oxygen atoms in total. The van der Waals surface area contributed by atoms with Crippen molar-refractivity contribution >= 4 is 16.9 Å². The normalized spacial score (nSPS) is 10.0. The monoisotopic (exact) mass is 212 g/mol. The lowest BCUT2D eigenvalue weighted by atomic mass is 10.3. The van der Waals surface area contributed by atoms with Gasteiger partial charge in [-0.15, -0.1) is 0 Å². The van der Waals surface area contributed by atoms with Gasteiger partial charge in [0.25, 0.3) is 0 Å². The highest BCUT2D eigenvalue weighted by molar-refractivity contribution is 5.75. The number of hydrogen-bond acceptors (Lipinski definition) is 4. The number of aromatic nitrogens is 2. The van der Waals surface area contributed by atoms with Gasteiger partial charge < -0.3 is 4.90 Å². The third kappa shape index (κ3) is 2.09. The fourth-order valence-electron chi connectivity index (χ4n) is 1.46. The van der Waals surface area contributed by atoms with E-state index in [1.807, 2.05) is 36.2 Å². The van der Waals surface area contributed by atoms with E-state index in [0.29, 0.717) is 13.0 Å². The standard InChI is InChI=1S/C12H12N4/c1-16(8-4-7-13)12-9-14-10-5-2-3-6-11(10)15-12/h2-3,5-6,9H,4,8H2,1H3. The molecule has 0 spiro atoms. The van der Waals surface area contributed by atoms with Crippen LogP contribution in [0.15, 0.2) is 30.5 Å². The maximum Gasteiger partial charge on any atom is 0.147 e. The first-order valence-electron chi connectivity index (χ1n) is 5.11. The smallest absolute Gasteiger partial charge is 0.147 e. The summed E-state index contributed by atoms with van der Waals surface area (Å²) < 4.78 is 0. The Morgan fingerprint density at radius 3 is 2.81 bits per heavy atom. The maximum absolute atomic E-state index is 8.52. The molecule has 0 atom stereocenters. The summed E-state index contributed by atoms with van der Waals surface area (Å²) in [4.78, 5) is 10.7. The Morgan fingerprint density at radius 2 is 2.06 bits per heavy atom. The second-order valence-electron chi connectivity index (χ2n) is 3.55. The molecule has 0 saturated carbocycles. The molecule has 2 rings (SSSR count). The molecule has 0 saturated heterocycles. The molecular formula is C12H12N4. The zero-order chi connectivity index (χ0) is 11.4. The van der Waals surface area contributed by atoms with Crippen molar-refractivity contribution in [2.24, 2.45) is 0 Å². The van der Waals surface area contributed by atoms with Crippen LogP contribution >= 0.6 is 0 Å². The van der Waals surface area contributed by atoms with Crippen molar-refractivity contribution in [3.05, 3.63) is 30.5 Å².